The molecular weight excluding hydrogens is 328 g/mol. The first-order valence-electron chi connectivity index (χ1n) is 9.27. The summed E-state index contributed by atoms with van der Waals surface area (Å²) < 4.78 is 5.54. The third-order valence-corrected chi connectivity index (χ3v) is 5.19. The topological polar surface area (TPSA) is 56.9 Å². The minimum atomic E-state index is -0.418. The van der Waals surface area contributed by atoms with Crippen molar-refractivity contribution >= 4 is 5.91 Å². The van der Waals surface area contributed by atoms with E-state index in [-0.39, 0.29) is 11.8 Å². The van der Waals surface area contributed by atoms with Crippen molar-refractivity contribution in [2.75, 3.05) is 26.7 Å². The van der Waals surface area contributed by atoms with Gasteiger partial charge in [0.15, 0.2) is 0 Å². The summed E-state index contributed by atoms with van der Waals surface area (Å²) in [5.41, 5.74) is 0.982. The minimum absolute atomic E-state index is 0.0983. The zero-order valence-electron chi connectivity index (χ0n) is 15.6. The molecule has 0 bridgehead atoms. The van der Waals surface area contributed by atoms with Gasteiger partial charge in [-0.3, -0.25) is 9.69 Å². The van der Waals surface area contributed by atoms with E-state index in [2.05, 4.69) is 4.90 Å². The molecule has 140 valence electrons. The monoisotopic (exact) mass is 356 g/mol. The molecule has 5 nitrogen and oxygen atoms in total. The van der Waals surface area contributed by atoms with Crippen molar-refractivity contribution in [3.8, 4) is 0 Å². The van der Waals surface area contributed by atoms with Crippen LogP contribution >= 0.6 is 0 Å². The summed E-state index contributed by atoms with van der Waals surface area (Å²) in [5, 5.41) is 10.6. The van der Waals surface area contributed by atoms with E-state index in [0.717, 1.165) is 43.0 Å². The van der Waals surface area contributed by atoms with Gasteiger partial charge < -0.3 is 14.4 Å². The van der Waals surface area contributed by atoms with Gasteiger partial charge in [-0.2, -0.15) is 0 Å². The van der Waals surface area contributed by atoms with Crippen LogP contribution < -0.4 is 0 Å². The van der Waals surface area contributed by atoms with Gasteiger partial charge in [0.1, 0.15) is 11.5 Å². The molecule has 0 radical (unpaired) electrons. The van der Waals surface area contributed by atoms with Crippen LogP contribution in [-0.4, -0.2) is 47.5 Å². The van der Waals surface area contributed by atoms with Gasteiger partial charge in [0.2, 0.25) is 5.91 Å². The van der Waals surface area contributed by atoms with Crippen molar-refractivity contribution in [1.82, 2.24) is 9.80 Å². The number of amides is 1. The number of rotatable bonds is 6. The smallest absolute Gasteiger partial charge is 0.236 e. The van der Waals surface area contributed by atoms with Gasteiger partial charge in [0.05, 0.1) is 19.2 Å². The number of furan rings is 1. The molecule has 3 rings (SSSR count). The lowest BCUT2D eigenvalue weighted by atomic mass is 9.87. The SMILES string of the molecule is Cc1ccc(CN(C)C(=O)CN2CCC(C(O)c3ccccc3)CC2)o1. The number of carbonyl (C=O) groups is 1. The van der Waals surface area contributed by atoms with Crippen LogP contribution in [0.15, 0.2) is 46.9 Å². The maximum absolute atomic E-state index is 12.5. The molecule has 1 N–H and O–H groups in total. The summed E-state index contributed by atoms with van der Waals surface area (Å²) in [6, 6.07) is 13.7. The Morgan fingerprint density at radius 1 is 1.23 bits per heavy atom. The molecule has 1 unspecified atom stereocenters. The summed E-state index contributed by atoms with van der Waals surface area (Å²) in [6.45, 7) is 4.50. The highest BCUT2D eigenvalue weighted by molar-refractivity contribution is 5.77. The van der Waals surface area contributed by atoms with Gasteiger partial charge in [0.25, 0.3) is 0 Å². The van der Waals surface area contributed by atoms with E-state index >= 15 is 0 Å². The third kappa shape index (κ3) is 4.74. The number of likely N-dealkylation sites (tertiary alicyclic amines) is 1. The van der Waals surface area contributed by atoms with Gasteiger partial charge in [-0.1, -0.05) is 30.3 Å². The molecule has 1 aliphatic rings. The fourth-order valence-electron chi connectivity index (χ4n) is 3.55. The first-order chi connectivity index (χ1) is 12.5. The number of nitrogens with zero attached hydrogens (tertiary/aromatic N) is 2. The average Bonchev–Trinajstić information content (AvgIpc) is 3.07. The van der Waals surface area contributed by atoms with E-state index < -0.39 is 6.10 Å². The number of aliphatic hydroxyl groups is 1. The lowest BCUT2D eigenvalue weighted by Gasteiger charge is -2.34. The van der Waals surface area contributed by atoms with E-state index in [1.807, 2.05) is 56.4 Å². The standard InChI is InChI=1S/C21H28N2O3/c1-16-8-9-19(26-16)14-22(2)20(24)15-23-12-10-18(11-13-23)21(25)17-6-4-3-5-7-17/h3-9,18,21,25H,10-15H2,1-2H3. The third-order valence-electron chi connectivity index (χ3n) is 5.19. The zero-order chi connectivity index (χ0) is 18.5. The van der Waals surface area contributed by atoms with Crippen LogP contribution in [0, 0.1) is 12.8 Å². The van der Waals surface area contributed by atoms with Crippen molar-refractivity contribution in [3.05, 3.63) is 59.5 Å². The molecule has 1 aromatic carbocycles. The zero-order valence-corrected chi connectivity index (χ0v) is 15.6. The predicted molar refractivity (Wildman–Crippen MR) is 100 cm³/mol. The molecule has 1 aliphatic heterocycles. The van der Waals surface area contributed by atoms with Crippen molar-refractivity contribution < 1.29 is 14.3 Å². The van der Waals surface area contributed by atoms with E-state index in [9.17, 15) is 9.90 Å². The van der Waals surface area contributed by atoms with E-state index in [1.54, 1.807) is 4.90 Å². The number of piperidine rings is 1. The Morgan fingerprint density at radius 3 is 2.54 bits per heavy atom. The largest absolute Gasteiger partial charge is 0.464 e. The second-order valence-corrected chi connectivity index (χ2v) is 7.23. The minimum Gasteiger partial charge on any atom is -0.464 e. The fraction of sp³-hybridized carbons (Fsp3) is 0.476. The molecule has 5 heteroatoms. The lowest BCUT2D eigenvalue weighted by Crippen LogP contribution is -2.42. The molecule has 1 fully saturated rings. The van der Waals surface area contributed by atoms with Gasteiger partial charge in [0, 0.05) is 7.05 Å². The summed E-state index contributed by atoms with van der Waals surface area (Å²) in [5.74, 6) is 2.02. The molecule has 0 saturated carbocycles. The Morgan fingerprint density at radius 2 is 1.92 bits per heavy atom. The summed E-state index contributed by atoms with van der Waals surface area (Å²) in [6.07, 6.45) is 1.40. The number of hydrogen-bond donors (Lipinski definition) is 1. The molecule has 1 saturated heterocycles. The Labute approximate surface area is 155 Å². The van der Waals surface area contributed by atoms with Gasteiger partial charge in [-0.05, 0) is 56.5 Å². The van der Waals surface area contributed by atoms with E-state index in [0.29, 0.717) is 13.1 Å². The van der Waals surface area contributed by atoms with Crippen LogP contribution in [0.5, 0.6) is 0 Å². The second-order valence-electron chi connectivity index (χ2n) is 7.23. The van der Waals surface area contributed by atoms with Gasteiger partial charge in [-0.25, -0.2) is 0 Å². The van der Waals surface area contributed by atoms with Crippen molar-refractivity contribution in [2.24, 2.45) is 5.92 Å². The molecular formula is C21H28N2O3. The highest BCUT2D eigenvalue weighted by Crippen LogP contribution is 2.30. The fourth-order valence-corrected chi connectivity index (χ4v) is 3.55. The second kappa shape index (κ2) is 8.52. The first-order valence-corrected chi connectivity index (χ1v) is 9.27. The highest BCUT2D eigenvalue weighted by atomic mass is 16.3. The molecule has 0 spiro atoms. The summed E-state index contributed by atoms with van der Waals surface area (Å²) >= 11 is 0. The van der Waals surface area contributed by atoms with Crippen LogP contribution in [-0.2, 0) is 11.3 Å². The normalized spacial score (nSPS) is 17.2. The molecule has 1 aromatic heterocycles. The Hall–Kier alpha value is -2.11. The van der Waals surface area contributed by atoms with Crippen LogP contribution in [0.25, 0.3) is 0 Å². The Bertz CT molecular complexity index is 705. The van der Waals surface area contributed by atoms with E-state index in [1.165, 1.54) is 0 Å². The van der Waals surface area contributed by atoms with Crippen molar-refractivity contribution in [2.45, 2.75) is 32.4 Å². The van der Waals surface area contributed by atoms with Crippen LogP contribution in [0.2, 0.25) is 0 Å². The number of likely N-dealkylation sites (N-methyl/N-ethyl adjacent to an activating group) is 1. The van der Waals surface area contributed by atoms with Crippen molar-refractivity contribution in [3.63, 3.8) is 0 Å². The maximum atomic E-state index is 12.5. The molecule has 2 heterocycles. The van der Waals surface area contributed by atoms with Crippen LogP contribution in [0.3, 0.4) is 0 Å². The van der Waals surface area contributed by atoms with E-state index in [4.69, 9.17) is 4.42 Å². The Balaban J connectivity index is 1.45. The summed E-state index contributed by atoms with van der Waals surface area (Å²) in [4.78, 5) is 16.3. The van der Waals surface area contributed by atoms with Gasteiger partial charge in [-0.15, -0.1) is 0 Å². The quantitative estimate of drug-likeness (QED) is 0.864. The number of hydrogen-bond acceptors (Lipinski definition) is 4. The lowest BCUT2D eigenvalue weighted by molar-refractivity contribution is -0.132. The van der Waals surface area contributed by atoms with Crippen LogP contribution in [0.4, 0.5) is 0 Å². The number of aliphatic hydroxyl groups excluding tert-OH is 1. The molecule has 2 aromatic rings. The number of carbonyl (C=O) groups excluding carboxylic acids is 1. The first kappa shape index (κ1) is 18.7. The maximum Gasteiger partial charge on any atom is 0.236 e. The number of benzene rings is 1. The van der Waals surface area contributed by atoms with Gasteiger partial charge >= 0.3 is 0 Å². The van der Waals surface area contributed by atoms with Crippen LogP contribution in [0.1, 0.15) is 36.0 Å². The highest BCUT2D eigenvalue weighted by Gasteiger charge is 2.27. The Kier molecular flexibility index (Phi) is 6.12. The number of aryl methyl sites for hydroxylation is 1. The molecule has 1 amide bonds. The molecule has 1 atom stereocenters. The predicted octanol–water partition coefficient (Wildman–Crippen LogP) is 2.99. The molecule has 26 heavy (non-hydrogen) atoms. The molecule has 0 aliphatic carbocycles. The van der Waals surface area contributed by atoms with Crippen molar-refractivity contribution in [1.29, 1.82) is 0 Å². The average molecular weight is 356 g/mol. The summed E-state index contributed by atoms with van der Waals surface area (Å²) in [7, 11) is 1.81.